The fourth-order valence-electron chi connectivity index (χ4n) is 1.64. The Morgan fingerprint density at radius 3 is 2.72 bits per heavy atom. The average Bonchev–Trinajstić information content (AvgIpc) is 2.29. The van der Waals surface area contributed by atoms with Gasteiger partial charge in [0.15, 0.2) is 0 Å². The van der Waals surface area contributed by atoms with Crippen LogP contribution in [0.25, 0.3) is 0 Å². The maximum Gasteiger partial charge on any atom is 0.240 e. The molecule has 1 unspecified atom stereocenters. The van der Waals surface area contributed by atoms with Crippen LogP contribution in [0.4, 0.5) is 0 Å². The molecule has 0 saturated heterocycles. The largest absolute Gasteiger partial charge is 0.316 e. The van der Waals surface area contributed by atoms with E-state index >= 15 is 0 Å². The summed E-state index contributed by atoms with van der Waals surface area (Å²) in [5, 5.41) is 3.01. The molecular weight excluding hydrogens is 268 g/mol. The Hall–Kier alpha value is -0.560. The van der Waals surface area contributed by atoms with Crippen molar-refractivity contribution in [1.29, 1.82) is 0 Å². The van der Waals surface area contributed by atoms with Crippen molar-refractivity contribution >= 4 is 21.8 Å². The number of nitrogens with one attached hydrogen (secondary N) is 2. The molecule has 1 rings (SSSR count). The smallest absolute Gasteiger partial charge is 0.240 e. The standard InChI is InChI=1S/C12H20N2O2S2/c1-10(9-17-3)14-18(15,16)12-6-4-5-11(7-12)8-13-2/h4-7,10,13-14H,8-9H2,1-3H3. The van der Waals surface area contributed by atoms with E-state index in [9.17, 15) is 8.42 Å². The Labute approximate surface area is 114 Å². The van der Waals surface area contributed by atoms with Crippen LogP contribution < -0.4 is 10.0 Å². The van der Waals surface area contributed by atoms with Gasteiger partial charge in [-0.1, -0.05) is 12.1 Å². The van der Waals surface area contributed by atoms with Crippen LogP contribution in [0.1, 0.15) is 12.5 Å². The summed E-state index contributed by atoms with van der Waals surface area (Å²) in [5.74, 6) is 0.759. The Kier molecular flexibility index (Phi) is 6.14. The molecule has 0 aliphatic rings. The minimum absolute atomic E-state index is 0.0713. The molecule has 102 valence electrons. The Morgan fingerprint density at radius 2 is 2.11 bits per heavy atom. The first-order valence-corrected chi connectivity index (χ1v) is 8.62. The van der Waals surface area contributed by atoms with Gasteiger partial charge in [-0.05, 0) is 37.9 Å². The van der Waals surface area contributed by atoms with Crippen LogP contribution in [0.5, 0.6) is 0 Å². The van der Waals surface area contributed by atoms with Crippen LogP contribution in [-0.2, 0) is 16.6 Å². The molecule has 0 bridgehead atoms. The lowest BCUT2D eigenvalue weighted by Crippen LogP contribution is -2.34. The van der Waals surface area contributed by atoms with E-state index in [2.05, 4.69) is 10.0 Å². The summed E-state index contributed by atoms with van der Waals surface area (Å²) in [7, 11) is -1.58. The van der Waals surface area contributed by atoms with Crippen molar-refractivity contribution in [3.8, 4) is 0 Å². The fraction of sp³-hybridized carbons (Fsp3) is 0.500. The van der Waals surface area contributed by atoms with Crippen LogP contribution >= 0.6 is 11.8 Å². The van der Waals surface area contributed by atoms with E-state index in [4.69, 9.17) is 0 Å². The molecule has 18 heavy (non-hydrogen) atoms. The summed E-state index contributed by atoms with van der Waals surface area (Å²) in [6.07, 6.45) is 1.96. The van der Waals surface area contributed by atoms with Gasteiger partial charge in [-0.25, -0.2) is 13.1 Å². The molecule has 0 heterocycles. The molecule has 1 aromatic rings. The van der Waals surface area contributed by atoms with E-state index in [1.807, 2.05) is 26.3 Å². The van der Waals surface area contributed by atoms with Crippen LogP contribution in [0.15, 0.2) is 29.2 Å². The lowest BCUT2D eigenvalue weighted by Gasteiger charge is -2.13. The highest BCUT2D eigenvalue weighted by Gasteiger charge is 2.17. The van der Waals surface area contributed by atoms with Gasteiger partial charge in [-0.15, -0.1) is 0 Å². The molecule has 0 aliphatic carbocycles. The van der Waals surface area contributed by atoms with Crippen LogP contribution in [0, 0.1) is 0 Å². The quantitative estimate of drug-likeness (QED) is 0.797. The van der Waals surface area contributed by atoms with Gasteiger partial charge < -0.3 is 5.32 Å². The maximum atomic E-state index is 12.1. The summed E-state index contributed by atoms with van der Waals surface area (Å²) >= 11 is 1.62. The first kappa shape index (κ1) is 15.5. The highest BCUT2D eigenvalue weighted by atomic mass is 32.2. The number of thioether (sulfide) groups is 1. The summed E-state index contributed by atoms with van der Waals surface area (Å²) in [4.78, 5) is 0.322. The third kappa shape index (κ3) is 4.61. The molecule has 0 amide bonds. The lowest BCUT2D eigenvalue weighted by atomic mass is 10.2. The molecule has 4 nitrogen and oxygen atoms in total. The molecule has 0 fully saturated rings. The summed E-state index contributed by atoms with van der Waals surface area (Å²) in [6.45, 7) is 2.52. The number of sulfonamides is 1. The van der Waals surface area contributed by atoms with Crippen LogP contribution in [0.3, 0.4) is 0 Å². The van der Waals surface area contributed by atoms with E-state index in [1.165, 1.54) is 0 Å². The van der Waals surface area contributed by atoms with Crippen molar-refractivity contribution in [2.45, 2.75) is 24.4 Å². The first-order valence-electron chi connectivity index (χ1n) is 5.74. The molecule has 1 aromatic carbocycles. The zero-order chi connectivity index (χ0) is 13.6. The molecule has 2 N–H and O–H groups in total. The number of benzene rings is 1. The van der Waals surface area contributed by atoms with E-state index in [1.54, 1.807) is 30.0 Å². The minimum atomic E-state index is -3.41. The molecule has 0 aromatic heterocycles. The highest BCUT2D eigenvalue weighted by Crippen LogP contribution is 2.12. The summed E-state index contributed by atoms with van der Waals surface area (Å²) in [5.41, 5.74) is 0.956. The van der Waals surface area contributed by atoms with Crippen LogP contribution in [0.2, 0.25) is 0 Å². The zero-order valence-corrected chi connectivity index (χ0v) is 12.6. The average molecular weight is 288 g/mol. The van der Waals surface area contributed by atoms with Gasteiger partial charge in [0.2, 0.25) is 10.0 Å². The topological polar surface area (TPSA) is 58.2 Å². The van der Waals surface area contributed by atoms with Gasteiger partial charge in [-0.2, -0.15) is 11.8 Å². The first-order chi connectivity index (χ1) is 8.49. The molecule has 0 aliphatic heterocycles. The normalized spacial score (nSPS) is 13.5. The number of hydrogen-bond donors (Lipinski definition) is 2. The van der Waals surface area contributed by atoms with Crippen molar-refractivity contribution in [1.82, 2.24) is 10.0 Å². The van der Waals surface area contributed by atoms with Crippen molar-refractivity contribution in [2.75, 3.05) is 19.1 Å². The summed E-state index contributed by atoms with van der Waals surface area (Å²) in [6, 6.07) is 6.91. The van der Waals surface area contributed by atoms with Crippen molar-refractivity contribution in [3.63, 3.8) is 0 Å². The van der Waals surface area contributed by atoms with Gasteiger partial charge in [0.05, 0.1) is 4.90 Å². The van der Waals surface area contributed by atoms with E-state index < -0.39 is 10.0 Å². The van der Waals surface area contributed by atoms with Gasteiger partial charge in [0.25, 0.3) is 0 Å². The third-order valence-electron chi connectivity index (χ3n) is 2.36. The second-order valence-electron chi connectivity index (χ2n) is 4.16. The Balaban J connectivity index is 2.87. The molecule has 0 saturated carbocycles. The molecule has 0 spiro atoms. The van der Waals surface area contributed by atoms with Gasteiger partial charge in [0.1, 0.15) is 0 Å². The van der Waals surface area contributed by atoms with E-state index in [-0.39, 0.29) is 6.04 Å². The predicted molar refractivity (Wildman–Crippen MR) is 77.4 cm³/mol. The van der Waals surface area contributed by atoms with Crippen molar-refractivity contribution < 1.29 is 8.42 Å². The second kappa shape index (κ2) is 7.13. The lowest BCUT2D eigenvalue weighted by molar-refractivity contribution is 0.571. The van der Waals surface area contributed by atoms with Crippen LogP contribution in [-0.4, -0.2) is 33.5 Å². The molecule has 6 heteroatoms. The third-order valence-corrected chi connectivity index (χ3v) is 4.78. The van der Waals surface area contributed by atoms with Crippen molar-refractivity contribution in [3.05, 3.63) is 29.8 Å². The monoisotopic (exact) mass is 288 g/mol. The van der Waals surface area contributed by atoms with E-state index in [0.29, 0.717) is 11.4 Å². The number of rotatable bonds is 7. The fourth-order valence-corrected chi connectivity index (χ4v) is 3.65. The predicted octanol–water partition coefficient (Wildman–Crippen LogP) is 1.44. The van der Waals surface area contributed by atoms with Gasteiger partial charge in [-0.3, -0.25) is 0 Å². The maximum absolute atomic E-state index is 12.1. The second-order valence-corrected chi connectivity index (χ2v) is 6.78. The van der Waals surface area contributed by atoms with Gasteiger partial charge in [0, 0.05) is 18.3 Å². The van der Waals surface area contributed by atoms with E-state index in [0.717, 1.165) is 11.3 Å². The Morgan fingerprint density at radius 1 is 1.39 bits per heavy atom. The number of hydrogen-bond acceptors (Lipinski definition) is 4. The zero-order valence-electron chi connectivity index (χ0n) is 10.9. The van der Waals surface area contributed by atoms with Crippen molar-refractivity contribution in [2.24, 2.45) is 0 Å². The molecule has 1 atom stereocenters. The summed E-state index contributed by atoms with van der Waals surface area (Å²) < 4.78 is 26.9. The molecule has 0 radical (unpaired) electrons. The highest BCUT2D eigenvalue weighted by molar-refractivity contribution is 7.98. The molecular formula is C12H20N2O2S2. The van der Waals surface area contributed by atoms with Gasteiger partial charge >= 0.3 is 0 Å². The Bertz CT molecular complexity index is 475. The minimum Gasteiger partial charge on any atom is -0.316 e. The SMILES string of the molecule is CNCc1cccc(S(=O)(=O)NC(C)CSC)c1.